The van der Waals surface area contributed by atoms with E-state index in [0.29, 0.717) is 5.13 Å². The third kappa shape index (κ3) is 2.12. The van der Waals surface area contributed by atoms with Gasteiger partial charge in [0.05, 0.1) is 0 Å². The van der Waals surface area contributed by atoms with Gasteiger partial charge in [0.1, 0.15) is 5.65 Å². The van der Waals surface area contributed by atoms with Gasteiger partial charge in [0.2, 0.25) is 5.13 Å². The molecule has 0 aliphatic carbocycles. The third-order valence-corrected chi connectivity index (χ3v) is 2.91. The van der Waals surface area contributed by atoms with Crippen molar-refractivity contribution < 1.29 is 0 Å². The van der Waals surface area contributed by atoms with E-state index in [1.54, 1.807) is 6.20 Å². The molecule has 0 aliphatic rings. The minimum absolute atomic E-state index is 0.475. The molecule has 3 aromatic heterocycles. The molecule has 0 spiro atoms. The van der Waals surface area contributed by atoms with Crippen LogP contribution in [0.2, 0.25) is 0 Å². The molecule has 3 N–H and O–H groups in total. The van der Waals surface area contributed by atoms with Gasteiger partial charge in [-0.15, -0.1) is 10.2 Å². The van der Waals surface area contributed by atoms with E-state index in [0.717, 1.165) is 21.6 Å². The van der Waals surface area contributed by atoms with Gasteiger partial charge < -0.3 is 10.7 Å². The van der Waals surface area contributed by atoms with Gasteiger partial charge in [-0.2, -0.15) is 0 Å². The maximum absolute atomic E-state index is 5.55. The van der Waals surface area contributed by atoms with Gasteiger partial charge in [0, 0.05) is 23.3 Å². The van der Waals surface area contributed by atoms with Crippen molar-refractivity contribution in [3.05, 3.63) is 24.5 Å². The second kappa shape index (κ2) is 4.92. The lowest BCUT2D eigenvalue weighted by Gasteiger charge is -1.90. The standard InChI is InChI=1S/C9H7N5S.C2H6/c10-9-14-13-8(15-9)6-4-12-7-5(6)2-1-3-11-7;1-2/h1-4H,(H2,10,14)(H,11,12);1-2H3. The molecule has 88 valence electrons. The second-order valence-electron chi connectivity index (χ2n) is 3.05. The van der Waals surface area contributed by atoms with E-state index in [2.05, 4.69) is 20.2 Å². The SMILES string of the molecule is CC.Nc1nnc(-c2c[nH]c3ncccc23)s1. The summed E-state index contributed by atoms with van der Waals surface area (Å²) in [5, 5.41) is 10.1. The molecule has 0 saturated carbocycles. The molecule has 5 nitrogen and oxygen atoms in total. The summed E-state index contributed by atoms with van der Waals surface area (Å²) in [6, 6.07) is 3.88. The molecule has 0 bridgehead atoms. The fraction of sp³-hybridized carbons (Fsp3) is 0.182. The van der Waals surface area contributed by atoms with Crippen molar-refractivity contribution in [3.63, 3.8) is 0 Å². The van der Waals surface area contributed by atoms with Gasteiger partial charge in [0.15, 0.2) is 5.01 Å². The Morgan fingerprint density at radius 3 is 2.82 bits per heavy atom. The summed E-state index contributed by atoms with van der Waals surface area (Å²) in [5.74, 6) is 0. The average Bonchev–Trinajstić information content (AvgIpc) is 2.97. The number of fused-ring (bicyclic) bond motifs is 1. The number of H-pyrrole nitrogens is 1. The van der Waals surface area contributed by atoms with Crippen molar-refractivity contribution in [2.45, 2.75) is 13.8 Å². The Hall–Kier alpha value is -1.95. The van der Waals surface area contributed by atoms with Crippen LogP contribution in [0.5, 0.6) is 0 Å². The summed E-state index contributed by atoms with van der Waals surface area (Å²) in [5.41, 5.74) is 7.39. The van der Waals surface area contributed by atoms with Gasteiger partial charge in [-0.25, -0.2) is 4.98 Å². The Balaban J connectivity index is 0.000000514. The van der Waals surface area contributed by atoms with Crippen LogP contribution >= 0.6 is 11.3 Å². The summed E-state index contributed by atoms with van der Waals surface area (Å²) in [4.78, 5) is 7.29. The highest BCUT2D eigenvalue weighted by Gasteiger charge is 2.10. The van der Waals surface area contributed by atoms with Gasteiger partial charge in [-0.3, -0.25) is 0 Å². The Labute approximate surface area is 103 Å². The van der Waals surface area contributed by atoms with E-state index in [1.807, 2.05) is 32.2 Å². The van der Waals surface area contributed by atoms with Crippen LogP contribution in [0.1, 0.15) is 13.8 Å². The summed E-state index contributed by atoms with van der Waals surface area (Å²) in [6.45, 7) is 4.00. The number of aromatic nitrogens is 4. The normalized spacial score (nSPS) is 10.0. The lowest BCUT2D eigenvalue weighted by molar-refractivity contribution is 1.10. The number of pyridine rings is 1. The van der Waals surface area contributed by atoms with Crippen LogP contribution < -0.4 is 5.73 Å². The van der Waals surface area contributed by atoms with Crippen LogP contribution in [-0.4, -0.2) is 20.2 Å². The lowest BCUT2D eigenvalue weighted by atomic mass is 10.2. The lowest BCUT2D eigenvalue weighted by Crippen LogP contribution is -1.80. The zero-order valence-corrected chi connectivity index (χ0v) is 10.5. The summed E-state index contributed by atoms with van der Waals surface area (Å²) < 4.78 is 0. The van der Waals surface area contributed by atoms with Crippen molar-refractivity contribution in [3.8, 4) is 10.6 Å². The van der Waals surface area contributed by atoms with Gasteiger partial charge in [-0.05, 0) is 12.1 Å². The summed E-state index contributed by atoms with van der Waals surface area (Å²) in [6.07, 6.45) is 3.62. The average molecular weight is 247 g/mol. The predicted octanol–water partition coefficient (Wildman–Crippen LogP) is 2.69. The van der Waals surface area contributed by atoms with Crippen LogP contribution in [0.4, 0.5) is 5.13 Å². The quantitative estimate of drug-likeness (QED) is 0.692. The maximum Gasteiger partial charge on any atom is 0.203 e. The summed E-state index contributed by atoms with van der Waals surface area (Å²) in [7, 11) is 0. The molecule has 0 unspecified atom stereocenters. The number of rotatable bonds is 1. The van der Waals surface area contributed by atoms with E-state index in [9.17, 15) is 0 Å². The first kappa shape index (κ1) is 11.5. The largest absolute Gasteiger partial charge is 0.374 e. The molecule has 17 heavy (non-hydrogen) atoms. The highest BCUT2D eigenvalue weighted by molar-refractivity contribution is 7.18. The molecule has 0 saturated heterocycles. The molecule has 0 amide bonds. The topological polar surface area (TPSA) is 80.5 Å². The number of aromatic amines is 1. The first-order valence-corrected chi connectivity index (χ1v) is 6.18. The van der Waals surface area contributed by atoms with Gasteiger partial charge in [-0.1, -0.05) is 25.2 Å². The number of nitrogens with two attached hydrogens (primary N) is 1. The minimum atomic E-state index is 0.475. The van der Waals surface area contributed by atoms with E-state index in [4.69, 9.17) is 5.73 Å². The Morgan fingerprint density at radius 2 is 2.12 bits per heavy atom. The van der Waals surface area contributed by atoms with Crippen molar-refractivity contribution in [1.82, 2.24) is 20.2 Å². The maximum atomic E-state index is 5.55. The smallest absolute Gasteiger partial charge is 0.203 e. The first-order valence-electron chi connectivity index (χ1n) is 5.36. The van der Waals surface area contributed by atoms with Crippen LogP contribution in [-0.2, 0) is 0 Å². The van der Waals surface area contributed by atoms with Crippen molar-refractivity contribution in [1.29, 1.82) is 0 Å². The molecule has 3 heterocycles. The molecule has 3 rings (SSSR count). The first-order chi connectivity index (χ1) is 8.34. The highest BCUT2D eigenvalue weighted by Crippen LogP contribution is 2.30. The molecule has 0 atom stereocenters. The molecule has 0 radical (unpaired) electrons. The molecular formula is C11H13N5S. The van der Waals surface area contributed by atoms with Crippen molar-refractivity contribution >= 4 is 27.5 Å². The zero-order chi connectivity index (χ0) is 12.3. The molecule has 0 fully saturated rings. The zero-order valence-electron chi connectivity index (χ0n) is 9.64. The molecule has 0 aromatic carbocycles. The van der Waals surface area contributed by atoms with Crippen molar-refractivity contribution in [2.24, 2.45) is 0 Å². The highest BCUT2D eigenvalue weighted by atomic mass is 32.1. The van der Waals surface area contributed by atoms with Gasteiger partial charge >= 0.3 is 0 Å². The number of nitrogens with zero attached hydrogens (tertiary/aromatic N) is 3. The van der Waals surface area contributed by atoms with Crippen LogP contribution in [0.15, 0.2) is 24.5 Å². The number of nitrogen functional groups attached to an aromatic ring is 1. The van der Waals surface area contributed by atoms with E-state index >= 15 is 0 Å². The molecule has 6 heteroatoms. The minimum Gasteiger partial charge on any atom is -0.374 e. The van der Waals surface area contributed by atoms with Gasteiger partial charge in [0.25, 0.3) is 0 Å². The Bertz CT molecular complexity index is 613. The fourth-order valence-corrected chi connectivity index (χ4v) is 2.12. The van der Waals surface area contributed by atoms with E-state index in [-0.39, 0.29) is 0 Å². The molecule has 0 aliphatic heterocycles. The number of nitrogens with one attached hydrogen (secondary N) is 1. The summed E-state index contributed by atoms with van der Waals surface area (Å²) >= 11 is 1.37. The molecule has 3 aromatic rings. The predicted molar refractivity (Wildman–Crippen MR) is 70.8 cm³/mol. The third-order valence-electron chi connectivity index (χ3n) is 2.12. The number of hydrogen-bond donors (Lipinski definition) is 2. The van der Waals surface area contributed by atoms with E-state index < -0.39 is 0 Å². The molecular weight excluding hydrogens is 234 g/mol. The Kier molecular flexibility index (Phi) is 3.34. The second-order valence-corrected chi connectivity index (χ2v) is 4.06. The van der Waals surface area contributed by atoms with Crippen molar-refractivity contribution in [2.75, 3.05) is 5.73 Å². The monoisotopic (exact) mass is 247 g/mol. The fourth-order valence-electron chi connectivity index (χ4n) is 1.48. The van der Waals surface area contributed by atoms with Crippen LogP contribution in [0.3, 0.4) is 0 Å². The Morgan fingerprint density at radius 1 is 1.29 bits per heavy atom. The number of hydrogen-bond acceptors (Lipinski definition) is 5. The van der Waals surface area contributed by atoms with E-state index in [1.165, 1.54) is 11.3 Å². The number of anilines is 1. The van der Waals surface area contributed by atoms with Crippen LogP contribution in [0, 0.1) is 0 Å². The van der Waals surface area contributed by atoms with Crippen LogP contribution in [0.25, 0.3) is 21.6 Å².